The Hall–Kier alpha value is -4.25. The van der Waals surface area contributed by atoms with Crippen LogP contribution in [0.4, 0.5) is 17.3 Å². The van der Waals surface area contributed by atoms with Gasteiger partial charge in [0.15, 0.2) is 5.65 Å². The number of primary amides is 1. The van der Waals surface area contributed by atoms with Crippen molar-refractivity contribution in [2.45, 2.75) is 19.4 Å². The fraction of sp³-hybridized carbons (Fsp3) is 0.150. The molecule has 158 valence electrons. The van der Waals surface area contributed by atoms with Crippen LogP contribution in [0.2, 0.25) is 0 Å². The van der Waals surface area contributed by atoms with Crippen LogP contribution in [0.5, 0.6) is 0 Å². The highest BCUT2D eigenvalue weighted by molar-refractivity contribution is 5.98. The van der Waals surface area contributed by atoms with Crippen LogP contribution < -0.4 is 22.3 Å². The molecule has 0 atom stereocenters. The van der Waals surface area contributed by atoms with Gasteiger partial charge in [-0.05, 0) is 38.1 Å². The molecule has 1 amide bonds. The standard InChI is InChI=1S/C20H20N8O3/c1-20(2,31)13-6-3-7-16(25-13)27-8-4-5-12(19(27)30)24-15-9-14(21)28-18(26-15)11(10-23-28)17(22)29/h3-10,31H,21H2,1-2H3,(H2,22,29)(H,24,26). The molecule has 0 aliphatic heterocycles. The summed E-state index contributed by atoms with van der Waals surface area (Å²) in [6.07, 6.45) is 2.85. The van der Waals surface area contributed by atoms with Crippen molar-refractivity contribution >= 4 is 28.9 Å². The zero-order valence-corrected chi connectivity index (χ0v) is 16.8. The number of rotatable bonds is 5. The third-order valence-corrected chi connectivity index (χ3v) is 4.58. The van der Waals surface area contributed by atoms with E-state index in [0.29, 0.717) is 11.5 Å². The van der Waals surface area contributed by atoms with Gasteiger partial charge in [-0.1, -0.05) is 6.07 Å². The highest BCUT2D eigenvalue weighted by atomic mass is 16.3. The second-order valence-electron chi connectivity index (χ2n) is 7.39. The molecule has 0 aliphatic carbocycles. The van der Waals surface area contributed by atoms with E-state index >= 15 is 0 Å². The number of nitrogens with zero attached hydrogens (tertiary/aromatic N) is 5. The van der Waals surface area contributed by atoms with Gasteiger partial charge in [0, 0.05) is 12.3 Å². The van der Waals surface area contributed by atoms with Crippen LogP contribution in [0.25, 0.3) is 11.5 Å². The van der Waals surface area contributed by atoms with E-state index in [-0.39, 0.29) is 28.5 Å². The summed E-state index contributed by atoms with van der Waals surface area (Å²) in [4.78, 5) is 33.4. The Labute approximate surface area is 176 Å². The number of aromatic nitrogens is 5. The Balaban J connectivity index is 1.76. The number of carbonyl (C=O) groups is 1. The zero-order valence-electron chi connectivity index (χ0n) is 16.8. The van der Waals surface area contributed by atoms with Crippen molar-refractivity contribution in [1.82, 2.24) is 24.1 Å². The molecule has 11 heteroatoms. The van der Waals surface area contributed by atoms with Gasteiger partial charge in [0.25, 0.3) is 11.5 Å². The molecule has 0 spiro atoms. The first-order chi connectivity index (χ1) is 14.6. The number of nitrogens with one attached hydrogen (secondary N) is 1. The van der Waals surface area contributed by atoms with Crippen LogP contribution in [0, 0.1) is 0 Å². The second-order valence-corrected chi connectivity index (χ2v) is 7.39. The van der Waals surface area contributed by atoms with Gasteiger partial charge in [0.2, 0.25) is 0 Å². The third-order valence-electron chi connectivity index (χ3n) is 4.58. The number of pyridine rings is 2. The number of nitrogen functional groups attached to an aromatic ring is 1. The quantitative estimate of drug-likeness (QED) is 0.370. The molecule has 31 heavy (non-hydrogen) atoms. The van der Waals surface area contributed by atoms with Crippen LogP contribution in [0.3, 0.4) is 0 Å². The van der Waals surface area contributed by atoms with Crippen LogP contribution in [0.15, 0.2) is 53.6 Å². The average molecular weight is 420 g/mol. The van der Waals surface area contributed by atoms with Crippen molar-refractivity contribution in [3.05, 3.63) is 70.4 Å². The van der Waals surface area contributed by atoms with Gasteiger partial charge >= 0.3 is 0 Å². The predicted octanol–water partition coefficient (Wildman–Crippen LogP) is 0.927. The van der Waals surface area contributed by atoms with Crippen molar-refractivity contribution in [1.29, 1.82) is 0 Å². The number of hydrogen-bond donors (Lipinski definition) is 4. The summed E-state index contributed by atoms with van der Waals surface area (Å²) in [5.41, 5.74) is 10.7. The second kappa shape index (κ2) is 7.22. The Morgan fingerprint density at radius 3 is 2.68 bits per heavy atom. The van der Waals surface area contributed by atoms with Gasteiger partial charge in [-0.2, -0.15) is 9.61 Å². The highest BCUT2D eigenvalue weighted by Gasteiger charge is 2.19. The highest BCUT2D eigenvalue weighted by Crippen LogP contribution is 2.20. The Morgan fingerprint density at radius 2 is 1.97 bits per heavy atom. The number of hydrogen-bond acceptors (Lipinski definition) is 8. The van der Waals surface area contributed by atoms with Gasteiger partial charge in [-0.15, -0.1) is 0 Å². The van der Waals surface area contributed by atoms with Gasteiger partial charge < -0.3 is 21.9 Å². The maximum atomic E-state index is 13.1. The molecule has 0 radical (unpaired) electrons. The lowest BCUT2D eigenvalue weighted by Crippen LogP contribution is -2.23. The van der Waals surface area contributed by atoms with Crippen LogP contribution in [0.1, 0.15) is 29.9 Å². The summed E-state index contributed by atoms with van der Waals surface area (Å²) in [6, 6.07) is 9.77. The number of aliphatic hydroxyl groups is 1. The van der Waals surface area contributed by atoms with Crippen molar-refractivity contribution in [3.63, 3.8) is 0 Å². The van der Waals surface area contributed by atoms with E-state index in [1.165, 1.54) is 21.3 Å². The first-order valence-corrected chi connectivity index (χ1v) is 9.28. The van der Waals surface area contributed by atoms with Crippen LogP contribution in [-0.4, -0.2) is 35.2 Å². The van der Waals surface area contributed by atoms with Crippen molar-refractivity contribution in [2.24, 2.45) is 5.73 Å². The van der Waals surface area contributed by atoms with Gasteiger partial charge in [-0.3, -0.25) is 14.2 Å². The summed E-state index contributed by atoms with van der Waals surface area (Å²) >= 11 is 0. The summed E-state index contributed by atoms with van der Waals surface area (Å²) in [7, 11) is 0. The fourth-order valence-corrected chi connectivity index (χ4v) is 3.03. The SMILES string of the molecule is CC(C)(O)c1cccc(-n2cccc(Nc3cc(N)n4ncc(C(N)=O)c4n3)c2=O)n1. The van der Waals surface area contributed by atoms with Gasteiger partial charge in [-0.25, -0.2) is 9.97 Å². The maximum Gasteiger partial charge on any atom is 0.279 e. The van der Waals surface area contributed by atoms with E-state index < -0.39 is 17.1 Å². The monoisotopic (exact) mass is 420 g/mol. The molecule has 6 N–H and O–H groups in total. The first kappa shape index (κ1) is 20.0. The number of anilines is 3. The van der Waals surface area contributed by atoms with E-state index in [9.17, 15) is 14.7 Å². The Kier molecular flexibility index (Phi) is 4.67. The van der Waals surface area contributed by atoms with Crippen LogP contribution in [-0.2, 0) is 5.60 Å². The van der Waals surface area contributed by atoms with E-state index in [0.717, 1.165) is 0 Å². The van der Waals surface area contributed by atoms with Crippen LogP contribution >= 0.6 is 0 Å². The molecule has 11 nitrogen and oxygen atoms in total. The molecule has 0 saturated carbocycles. The molecular weight excluding hydrogens is 400 g/mol. The van der Waals surface area contributed by atoms with E-state index in [1.807, 2.05) is 0 Å². The first-order valence-electron chi connectivity index (χ1n) is 9.28. The molecule has 0 bridgehead atoms. The minimum Gasteiger partial charge on any atom is -0.384 e. The molecule has 0 unspecified atom stereocenters. The summed E-state index contributed by atoms with van der Waals surface area (Å²) in [5, 5.41) is 17.1. The zero-order chi connectivity index (χ0) is 22.3. The summed E-state index contributed by atoms with van der Waals surface area (Å²) < 4.78 is 2.62. The number of fused-ring (bicyclic) bond motifs is 1. The molecule has 0 saturated heterocycles. The number of carbonyl (C=O) groups excluding carboxylic acids is 1. The molecule has 0 fully saturated rings. The van der Waals surface area contributed by atoms with E-state index in [4.69, 9.17) is 11.5 Å². The van der Waals surface area contributed by atoms with Crippen molar-refractivity contribution in [3.8, 4) is 5.82 Å². The molecule has 4 aromatic heterocycles. The third kappa shape index (κ3) is 3.69. The van der Waals surface area contributed by atoms with E-state index in [2.05, 4.69) is 20.4 Å². The molecule has 0 aromatic carbocycles. The van der Waals surface area contributed by atoms with E-state index in [1.54, 1.807) is 50.4 Å². The molecule has 4 aromatic rings. The largest absolute Gasteiger partial charge is 0.384 e. The smallest absolute Gasteiger partial charge is 0.279 e. The topological polar surface area (TPSA) is 166 Å². The minimum absolute atomic E-state index is 0.105. The Morgan fingerprint density at radius 1 is 1.19 bits per heavy atom. The number of nitrogens with two attached hydrogens (primary N) is 2. The molecular formula is C20H20N8O3. The predicted molar refractivity (Wildman–Crippen MR) is 114 cm³/mol. The summed E-state index contributed by atoms with van der Waals surface area (Å²) in [5.74, 6) is 0.0961. The average Bonchev–Trinajstić information content (AvgIpc) is 3.14. The lowest BCUT2D eigenvalue weighted by Gasteiger charge is -2.17. The molecule has 4 rings (SSSR count). The maximum absolute atomic E-state index is 13.1. The van der Waals surface area contributed by atoms with Gasteiger partial charge in [0.05, 0.1) is 11.9 Å². The Bertz CT molecular complexity index is 1370. The number of amides is 1. The van der Waals surface area contributed by atoms with Gasteiger partial charge in [0.1, 0.15) is 34.3 Å². The minimum atomic E-state index is -1.16. The normalized spacial score (nSPS) is 11.6. The lowest BCUT2D eigenvalue weighted by atomic mass is 10.1. The molecule has 0 aliphatic rings. The van der Waals surface area contributed by atoms with Crippen molar-refractivity contribution < 1.29 is 9.90 Å². The summed E-state index contributed by atoms with van der Waals surface area (Å²) in [6.45, 7) is 3.23. The molecule has 4 heterocycles. The lowest BCUT2D eigenvalue weighted by molar-refractivity contribution is 0.0738. The fourth-order valence-electron chi connectivity index (χ4n) is 3.03. The van der Waals surface area contributed by atoms with Crippen molar-refractivity contribution in [2.75, 3.05) is 11.1 Å².